The minimum Gasteiger partial charge on any atom is -0.384 e. The zero-order chi connectivity index (χ0) is 12.3. The summed E-state index contributed by atoms with van der Waals surface area (Å²) in [7, 11) is 2.00. The Balaban J connectivity index is 2.18. The molecule has 1 aromatic heterocycles. The van der Waals surface area contributed by atoms with E-state index in [1.54, 1.807) is 12.1 Å². The monoisotopic (exact) mass is 247 g/mol. The number of hydrogen-bond acceptors (Lipinski definition) is 3. The summed E-state index contributed by atoms with van der Waals surface area (Å²) < 4.78 is 0. The Morgan fingerprint density at radius 3 is 2.59 bits per heavy atom. The third kappa shape index (κ3) is 2.88. The maximum atomic E-state index is 6.08. The molecule has 2 aromatic rings. The first kappa shape index (κ1) is 11.7. The van der Waals surface area contributed by atoms with Crippen LogP contribution in [0.15, 0.2) is 42.5 Å². The molecular formula is C13H14ClN3. The Kier molecular flexibility index (Phi) is 3.49. The van der Waals surface area contributed by atoms with Crippen LogP contribution in [0.2, 0.25) is 5.02 Å². The van der Waals surface area contributed by atoms with Crippen molar-refractivity contribution in [3.05, 3.63) is 53.2 Å². The fraction of sp³-hybridized carbons (Fsp3) is 0.154. The van der Waals surface area contributed by atoms with E-state index in [0.717, 1.165) is 11.4 Å². The molecule has 0 aliphatic carbocycles. The third-order valence-corrected chi connectivity index (χ3v) is 2.87. The average molecular weight is 248 g/mol. The van der Waals surface area contributed by atoms with E-state index in [0.29, 0.717) is 17.4 Å². The van der Waals surface area contributed by atoms with Gasteiger partial charge in [0.25, 0.3) is 0 Å². The lowest BCUT2D eigenvalue weighted by molar-refractivity contribution is 0.888. The lowest BCUT2D eigenvalue weighted by Gasteiger charge is -2.19. The van der Waals surface area contributed by atoms with Gasteiger partial charge in [0.2, 0.25) is 0 Å². The molecule has 0 spiro atoms. The number of nitrogen functional groups attached to an aromatic ring is 1. The Bertz CT molecular complexity index is 499. The molecule has 0 fully saturated rings. The van der Waals surface area contributed by atoms with E-state index in [4.69, 9.17) is 17.3 Å². The standard InChI is InChI=1S/C13H14ClN3/c1-17(10-5-3-2-4-6-10)9-12-11(14)7-8-13(15)16-12/h2-8H,9H2,1H3,(H2,15,16). The normalized spacial score (nSPS) is 10.2. The molecule has 1 heterocycles. The predicted molar refractivity (Wildman–Crippen MR) is 72.2 cm³/mol. The quantitative estimate of drug-likeness (QED) is 0.907. The summed E-state index contributed by atoms with van der Waals surface area (Å²) in [6.07, 6.45) is 0. The van der Waals surface area contributed by atoms with Gasteiger partial charge in [0.15, 0.2) is 0 Å². The van der Waals surface area contributed by atoms with Crippen molar-refractivity contribution in [3.63, 3.8) is 0 Å². The molecule has 3 nitrogen and oxygen atoms in total. The summed E-state index contributed by atoms with van der Waals surface area (Å²) >= 11 is 6.08. The van der Waals surface area contributed by atoms with E-state index in [-0.39, 0.29) is 0 Å². The van der Waals surface area contributed by atoms with Crippen LogP contribution in [0.4, 0.5) is 11.5 Å². The number of anilines is 2. The highest BCUT2D eigenvalue weighted by Gasteiger charge is 2.07. The summed E-state index contributed by atoms with van der Waals surface area (Å²) in [5, 5.41) is 0.641. The lowest BCUT2D eigenvalue weighted by Crippen LogP contribution is -2.17. The van der Waals surface area contributed by atoms with Crippen LogP contribution in [0.3, 0.4) is 0 Å². The predicted octanol–water partition coefficient (Wildman–Crippen LogP) is 2.95. The van der Waals surface area contributed by atoms with Crippen LogP contribution in [-0.2, 0) is 6.54 Å². The van der Waals surface area contributed by atoms with Gasteiger partial charge in [0.05, 0.1) is 17.3 Å². The van der Waals surface area contributed by atoms with E-state index in [9.17, 15) is 0 Å². The Hall–Kier alpha value is -1.74. The minimum absolute atomic E-state index is 0.492. The molecule has 2 rings (SSSR count). The number of rotatable bonds is 3. The summed E-state index contributed by atoms with van der Waals surface area (Å²) in [5.74, 6) is 0.492. The molecule has 0 saturated heterocycles. The van der Waals surface area contributed by atoms with Gasteiger partial charge in [0, 0.05) is 12.7 Å². The van der Waals surface area contributed by atoms with Gasteiger partial charge in [-0.1, -0.05) is 29.8 Å². The SMILES string of the molecule is CN(Cc1nc(N)ccc1Cl)c1ccccc1. The molecule has 0 bridgehead atoms. The molecule has 88 valence electrons. The highest BCUT2D eigenvalue weighted by atomic mass is 35.5. The van der Waals surface area contributed by atoms with E-state index in [1.807, 2.05) is 37.4 Å². The van der Waals surface area contributed by atoms with Crippen LogP contribution in [0, 0.1) is 0 Å². The number of para-hydroxylation sites is 1. The van der Waals surface area contributed by atoms with Crippen molar-refractivity contribution in [3.8, 4) is 0 Å². The van der Waals surface area contributed by atoms with Gasteiger partial charge < -0.3 is 10.6 Å². The zero-order valence-corrected chi connectivity index (χ0v) is 10.4. The number of nitrogens with zero attached hydrogens (tertiary/aromatic N) is 2. The second-order valence-electron chi connectivity index (χ2n) is 3.86. The van der Waals surface area contributed by atoms with Crippen molar-refractivity contribution < 1.29 is 0 Å². The number of pyridine rings is 1. The molecule has 0 unspecified atom stereocenters. The van der Waals surface area contributed by atoms with E-state index in [2.05, 4.69) is 9.88 Å². The largest absolute Gasteiger partial charge is 0.384 e. The van der Waals surface area contributed by atoms with Crippen molar-refractivity contribution >= 4 is 23.1 Å². The first-order valence-corrected chi connectivity index (χ1v) is 5.71. The fourth-order valence-corrected chi connectivity index (χ4v) is 1.78. The highest BCUT2D eigenvalue weighted by molar-refractivity contribution is 6.31. The second-order valence-corrected chi connectivity index (χ2v) is 4.26. The number of benzene rings is 1. The summed E-state index contributed by atoms with van der Waals surface area (Å²) in [4.78, 5) is 6.32. The molecule has 0 radical (unpaired) electrons. The smallest absolute Gasteiger partial charge is 0.123 e. The van der Waals surface area contributed by atoms with Crippen LogP contribution >= 0.6 is 11.6 Å². The highest BCUT2D eigenvalue weighted by Crippen LogP contribution is 2.19. The van der Waals surface area contributed by atoms with Gasteiger partial charge in [0.1, 0.15) is 5.82 Å². The Labute approximate surface area is 106 Å². The summed E-state index contributed by atoms with van der Waals surface area (Å²) in [6, 6.07) is 13.6. The van der Waals surface area contributed by atoms with Crippen LogP contribution in [0.5, 0.6) is 0 Å². The maximum Gasteiger partial charge on any atom is 0.123 e. The molecule has 0 saturated carbocycles. The first-order chi connectivity index (χ1) is 8.16. The average Bonchev–Trinajstić information content (AvgIpc) is 2.35. The molecule has 2 N–H and O–H groups in total. The van der Waals surface area contributed by atoms with Crippen molar-refractivity contribution in [1.29, 1.82) is 0 Å². The van der Waals surface area contributed by atoms with Gasteiger partial charge in [-0.3, -0.25) is 0 Å². The summed E-state index contributed by atoms with van der Waals surface area (Å²) in [5.41, 5.74) is 7.56. The van der Waals surface area contributed by atoms with Gasteiger partial charge in [-0.05, 0) is 24.3 Å². The van der Waals surface area contributed by atoms with Crippen molar-refractivity contribution in [2.45, 2.75) is 6.54 Å². The van der Waals surface area contributed by atoms with Gasteiger partial charge >= 0.3 is 0 Å². The molecule has 1 aromatic carbocycles. The third-order valence-electron chi connectivity index (χ3n) is 2.52. The maximum absolute atomic E-state index is 6.08. The molecule has 0 atom stereocenters. The van der Waals surface area contributed by atoms with Crippen molar-refractivity contribution in [1.82, 2.24) is 4.98 Å². The molecule has 0 aliphatic heterocycles. The van der Waals surface area contributed by atoms with Gasteiger partial charge in [-0.25, -0.2) is 4.98 Å². The molecule has 0 amide bonds. The Morgan fingerprint density at radius 1 is 1.18 bits per heavy atom. The second kappa shape index (κ2) is 5.06. The topological polar surface area (TPSA) is 42.2 Å². The van der Waals surface area contributed by atoms with Gasteiger partial charge in [-0.2, -0.15) is 0 Å². The van der Waals surface area contributed by atoms with Crippen molar-refractivity contribution in [2.24, 2.45) is 0 Å². The van der Waals surface area contributed by atoms with Gasteiger partial charge in [-0.15, -0.1) is 0 Å². The van der Waals surface area contributed by atoms with E-state index in [1.165, 1.54) is 0 Å². The number of hydrogen-bond donors (Lipinski definition) is 1. The number of halogens is 1. The van der Waals surface area contributed by atoms with Crippen LogP contribution in [0.1, 0.15) is 5.69 Å². The minimum atomic E-state index is 0.492. The number of aromatic nitrogens is 1. The van der Waals surface area contributed by atoms with E-state index < -0.39 is 0 Å². The first-order valence-electron chi connectivity index (χ1n) is 5.34. The molecule has 17 heavy (non-hydrogen) atoms. The summed E-state index contributed by atoms with van der Waals surface area (Å²) in [6.45, 7) is 0.633. The van der Waals surface area contributed by atoms with Crippen LogP contribution < -0.4 is 10.6 Å². The lowest BCUT2D eigenvalue weighted by atomic mass is 10.2. The van der Waals surface area contributed by atoms with Crippen molar-refractivity contribution in [2.75, 3.05) is 17.7 Å². The van der Waals surface area contributed by atoms with Crippen LogP contribution in [-0.4, -0.2) is 12.0 Å². The molecular weight excluding hydrogens is 234 g/mol. The van der Waals surface area contributed by atoms with E-state index >= 15 is 0 Å². The number of nitrogens with two attached hydrogens (primary N) is 1. The Morgan fingerprint density at radius 2 is 1.88 bits per heavy atom. The van der Waals surface area contributed by atoms with Crippen LogP contribution in [0.25, 0.3) is 0 Å². The zero-order valence-electron chi connectivity index (χ0n) is 9.60. The fourth-order valence-electron chi connectivity index (χ4n) is 1.61. The molecule has 0 aliphatic rings. The molecule has 4 heteroatoms.